The zero-order valence-corrected chi connectivity index (χ0v) is 11.2. The van der Waals surface area contributed by atoms with Gasteiger partial charge in [-0.3, -0.25) is 0 Å². The second kappa shape index (κ2) is 4.68. The lowest BCUT2D eigenvalue weighted by Crippen LogP contribution is -2.11. The first-order valence-corrected chi connectivity index (χ1v) is 6.93. The highest BCUT2D eigenvalue weighted by molar-refractivity contribution is 5.85. The molecule has 2 atom stereocenters. The molecular formula is C16H21NO. The molecule has 2 unspecified atom stereocenters. The smallest absolute Gasteiger partial charge is 0.119 e. The fourth-order valence-electron chi connectivity index (χ4n) is 3.30. The summed E-state index contributed by atoms with van der Waals surface area (Å²) < 4.78 is 5.34. The van der Waals surface area contributed by atoms with Crippen LogP contribution < -0.4 is 4.74 Å². The summed E-state index contributed by atoms with van der Waals surface area (Å²) in [5.41, 5.74) is 2.71. The Morgan fingerprint density at radius 1 is 1.28 bits per heavy atom. The van der Waals surface area contributed by atoms with Gasteiger partial charge in [-0.25, -0.2) is 0 Å². The van der Waals surface area contributed by atoms with Gasteiger partial charge in [-0.1, -0.05) is 19.8 Å². The maximum absolute atomic E-state index is 5.34. The van der Waals surface area contributed by atoms with Gasteiger partial charge in [-0.05, 0) is 48.4 Å². The summed E-state index contributed by atoms with van der Waals surface area (Å²) in [5, 5.41) is 1.34. The van der Waals surface area contributed by atoms with Crippen LogP contribution in [0.5, 0.6) is 5.75 Å². The van der Waals surface area contributed by atoms with Crippen LogP contribution in [0.2, 0.25) is 0 Å². The highest BCUT2D eigenvalue weighted by Crippen LogP contribution is 2.39. The Morgan fingerprint density at radius 2 is 2.17 bits per heavy atom. The number of fused-ring (bicyclic) bond motifs is 1. The summed E-state index contributed by atoms with van der Waals surface area (Å²) in [4.78, 5) is 3.40. The molecule has 2 aromatic rings. The Hall–Kier alpha value is -1.44. The van der Waals surface area contributed by atoms with Crippen molar-refractivity contribution in [2.24, 2.45) is 5.92 Å². The molecule has 1 aromatic heterocycles. The third-order valence-electron chi connectivity index (χ3n) is 4.30. The summed E-state index contributed by atoms with van der Waals surface area (Å²) in [6.45, 7) is 2.38. The Bertz CT molecular complexity index is 543. The van der Waals surface area contributed by atoms with Gasteiger partial charge in [-0.2, -0.15) is 0 Å². The highest BCUT2D eigenvalue weighted by Gasteiger charge is 2.22. The molecule has 1 heterocycles. The van der Waals surface area contributed by atoms with E-state index in [9.17, 15) is 0 Å². The van der Waals surface area contributed by atoms with E-state index in [1.165, 1.54) is 42.1 Å². The number of ether oxygens (including phenoxy) is 1. The van der Waals surface area contributed by atoms with Crippen molar-refractivity contribution in [1.82, 2.24) is 4.98 Å². The van der Waals surface area contributed by atoms with Crippen LogP contribution in [0.25, 0.3) is 10.9 Å². The Labute approximate surface area is 108 Å². The van der Waals surface area contributed by atoms with Crippen molar-refractivity contribution >= 4 is 10.9 Å². The van der Waals surface area contributed by atoms with Gasteiger partial charge < -0.3 is 9.72 Å². The molecule has 0 radical (unpaired) electrons. The van der Waals surface area contributed by atoms with Gasteiger partial charge in [0.05, 0.1) is 7.11 Å². The molecule has 1 fully saturated rings. The van der Waals surface area contributed by atoms with E-state index in [0.717, 1.165) is 17.6 Å². The Kier molecular flexibility index (Phi) is 3.02. The second-order valence-electron chi connectivity index (χ2n) is 5.62. The maximum Gasteiger partial charge on any atom is 0.119 e. The van der Waals surface area contributed by atoms with Gasteiger partial charge in [0.2, 0.25) is 0 Å². The second-order valence-corrected chi connectivity index (χ2v) is 5.62. The topological polar surface area (TPSA) is 25.0 Å². The minimum atomic E-state index is 0.717. The summed E-state index contributed by atoms with van der Waals surface area (Å²) >= 11 is 0. The largest absolute Gasteiger partial charge is 0.497 e. The first-order valence-electron chi connectivity index (χ1n) is 6.93. The third-order valence-corrected chi connectivity index (χ3v) is 4.30. The van der Waals surface area contributed by atoms with Crippen molar-refractivity contribution in [3.05, 3.63) is 30.0 Å². The first kappa shape index (κ1) is 11.6. The Balaban J connectivity index is 2.00. The van der Waals surface area contributed by atoms with Crippen molar-refractivity contribution in [3.63, 3.8) is 0 Å². The SMILES string of the molecule is COc1ccc2[nH]cc(C3CCCC(C)C3)c2c1. The van der Waals surface area contributed by atoms with Gasteiger partial charge in [0.15, 0.2) is 0 Å². The molecule has 0 saturated heterocycles. The average Bonchev–Trinajstić information content (AvgIpc) is 2.81. The number of hydrogen-bond acceptors (Lipinski definition) is 1. The number of nitrogens with one attached hydrogen (secondary N) is 1. The molecule has 0 bridgehead atoms. The van der Waals surface area contributed by atoms with E-state index in [4.69, 9.17) is 4.74 Å². The molecule has 18 heavy (non-hydrogen) atoms. The molecule has 0 spiro atoms. The molecule has 1 N–H and O–H groups in total. The molecule has 1 aromatic carbocycles. The lowest BCUT2D eigenvalue weighted by atomic mass is 9.79. The lowest BCUT2D eigenvalue weighted by Gasteiger charge is -2.26. The van der Waals surface area contributed by atoms with Crippen LogP contribution in [0.3, 0.4) is 0 Å². The van der Waals surface area contributed by atoms with E-state index < -0.39 is 0 Å². The number of hydrogen-bond donors (Lipinski definition) is 1. The lowest BCUT2D eigenvalue weighted by molar-refractivity contribution is 0.345. The van der Waals surface area contributed by atoms with Crippen molar-refractivity contribution in [3.8, 4) is 5.75 Å². The molecule has 1 aliphatic rings. The number of rotatable bonds is 2. The maximum atomic E-state index is 5.34. The standard InChI is InChI=1S/C16H21NO/c1-11-4-3-5-12(8-11)15-10-17-16-7-6-13(18-2)9-14(15)16/h6-7,9-12,17H,3-5,8H2,1-2H3. The molecule has 2 heteroatoms. The van der Waals surface area contributed by atoms with E-state index >= 15 is 0 Å². The van der Waals surface area contributed by atoms with E-state index in [0.29, 0.717) is 0 Å². The molecule has 1 saturated carbocycles. The van der Waals surface area contributed by atoms with Gasteiger partial charge in [0.25, 0.3) is 0 Å². The van der Waals surface area contributed by atoms with Gasteiger partial charge >= 0.3 is 0 Å². The minimum absolute atomic E-state index is 0.717. The number of aromatic amines is 1. The molecule has 96 valence electrons. The molecule has 2 nitrogen and oxygen atoms in total. The number of methoxy groups -OCH3 is 1. The highest BCUT2D eigenvalue weighted by atomic mass is 16.5. The van der Waals surface area contributed by atoms with Crippen molar-refractivity contribution in [1.29, 1.82) is 0 Å². The van der Waals surface area contributed by atoms with Crippen molar-refractivity contribution < 1.29 is 4.74 Å². The molecule has 1 aliphatic carbocycles. The van der Waals surface area contributed by atoms with Gasteiger partial charge in [0, 0.05) is 17.1 Å². The molecule has 3 rings (SSSR count). The van der Waals surface area contributed by atoms with Crippen LogP contribution in [0.15, 0.2) is 24.4 Å². The van der Waals surface area contributed by atoms with Crippen LogP contribution in [-0.2, 0) is 0 Å². The normalized spacial score (nSPS) is 24.3. The zero-order chi connectivity index (χ0) is 12.5. The number of aromatic nitrogens is 1. The quantitative estimate of drug-likeness (QED) is 0.827. The van der Waals surface area contributed by atoms with Crippen LogP contribution in [-0.4, -0.2) is 12.1 Å². The summed E-state index contributed by atoms with van der Waals surface area (Å²) in [6.07, 6.45) is 7.61. The first-order chi connectivity index (χ1) is 8.78. The van der Waals surface area contributed by atoms with E-state index in [-0.39, 0.29) is 0 Å². The van der Waals surface area contributed by atoms with Crippen LogP contribution in [0.1, 0.15) is 44.1 Å². The van der Waals surface area contributed by atoms with E-state index in [2.05, 4.69) is 30.2 Å². The monoisotopic (exact) mass is 243 g/mol. The zero-order valence-electron chi connectivity index (χ0n) is 11.2. The van der Waals surface area contributed by atoms with Crippen LogP contribution in [0.4, 0.5) is 0 Å². The third kappa shape index (κ3) is 2.00. The van der Waals surface area contributed by atoms with Crippen LogP contribution in [0, 0.1) is 5.92 Å². The number of benzene rings is 1. The number of H-pyrrole nitrogens is 1. The summed E-state index contributed by atoms with van der Waals surface area (Å²) in [7, 11) is 1.73. The summed E-state index contributed by atoms with van der Waals surface area (Å²) in [6, 6.07) is 6.30. The fourth-order valence-corrected chi connectivity index (χ4v) is 3.30. The molecule has 0 amide bonds. The Morgan fingerprint density at radius 3 is 2.94 bits per heavy atom. The average molecular weight is 243 g/mol. The molecule has 0 aliphatic heterocycles. The predicted octanol–water partition coefficient (Wildman–Crippen LogP) is 4.47. The predicted molar refractivity (Wildman–Crippen MR) is 75.2 cm³/mol. The van der Waals surface area contributed by atoms with E-state index in [1.807, 2.05) is 6.07 Å². The van der Waals surface area contributed by atoms with Gasteiger partial charge in [-0.15, -0.1) is 0 Å². The van der Waals surface area contributed by atoms with Gasteiger partial charge in [0.1, 0.15) is 5.75 Å². The minimum Gasteiger partial charge on any atom is -0.497 e. The van der Waals surface area contributed by atoms with Crippen molar-refractivity contribution in [2.45, 2.75) is 38.5 Å². The van der Waals surface area contributed by atoms with Crippen molar-refractivity contribution in [2.75, 3.05) is 7.11 Å². The summed E-state index contributed by atoms with van der Waals surface area (Å²) in [5.74, 6) is 2.53. The fraction of sp³-hybridized carbons (Fsp3) is 0.500. The van der Waals surface area contributed by atoms with E-state index in [1.54, 1.807) is 7.11 Å². The van der Waals surface area contributed by atoms with Crippen LogP contribution >= 0.6 is 0 Å². The molecular weight excluding hydrogens is 222 g/mol.